The summed E-state index contributed by atoms with van der Waals surface area (Å²) >= 11 is 6.04. The van der Waals surface area contributed by atoms with Crippen molar-refractivity contribution >= 4 is 27.5 Å². The van der Waals surface area contributed by atoms with Gasteiger partial charge in [-0.05, 0) is 24.6 Å². The number of aryl methyl sites for hydroxylation is 1. The molecule has 0 saturated carbocycles. The monoisotopic (exact) mass is 316 g/mol. The Kier molecular flexibility index (Phi) is 4.36. The molecule has 110 valence electrons. The molecule has 1 aromatic carbocycles. The number of hydrogen-bond acceptors (Lipinski definition) is 3. The predicted octanol–water partition coefficient (Wildman–Crippen LogP) is 1.50. The standard InChI is InChI=1S/C13H17ClN2O3S/c1-10-3-4-13(12(14)9-10)20(18,19)16-7-5-15(6-8-16)11(2)17/h3-4,9H,5-8H2,1-2H3. The highest BCUT2D eigenvalue weighted by atomic mass is 35.5. The maximum absolute atomic E-state index is 12.5. The summed E-state index contributed by atoms with van der Waals surface area (Å²) in [4.78, 5) is 13.0. The largest absolute Gasteiger partial charge is 0.340 e. The molecule has 7 heteroatoms. The summed E-state index contributed by atoms with van der Waals surface area (Å²) in [6.45, 7) is 4.77. The lowest BCUT2D eigenvalue weighted by atomic mass is 10.2. The van der Waals surface area contributed by atoms with Crippen molar-refractivity contribution in [3.05, 3.63) is 28.8 Å². The number of sulfonamides is 1. The average molecular weight is 317 g/mol. The van der Waals surface area contributed by atoms with Gasteiger partial charge in [-0.15, -0.1) is 0 Å². The number of benzene rings is 1. The molecule has 0 bridgehead atoms. The normalized spacial score (nSPS) is 17.2. The van der Waals surface area contributed by atoms with Crippen molar-refractivity contribution in [2.24, 2.45) is 0 Å². The first-order valence-electron chi connectivity index (χ1n) is 6.34. The van der Waals surface area contributed by atoms with Gasteiger partial charge in [0.2, 0.25) is 15.9 Å². The molecule has 0 aliphatic carbocycles. The molecule has 5 nitrogen and oxygen atoms in total. The van der Waals surface area contributed by atoms with E-state index in [1.54, 1.807) is 17.0 Å². The molecular formula is C13H17ClN2O3S. The van der Waals surface area contributed by atoms with Crippen molar-refractivity contribution in [1.29, 1.82) is 0 Å². The first-order chi connectivity index (χ1) is 9.32. The van der Waals surface area contributed by atoms with Gasteiger partial charge >= 0.3 is 0 Å². The smallest absolute Gasteiger partial charge is 0.244 e. The van der Waals surface area contributed by atoms with E-state index in [1.807, 2.05) is 6.92 Å². The van der Waals surface area contributed by atoms with E-state index in [9.17, 15) is 13.2 Å². The molecule has 1 saturated heterocycles. The Balaban J connectivity index is 2.22. The summed E-state index contributed by atoms with van der Waals surface area (Å²) in [7, 11) is -3.60. The molecule has 0 spiro atoms. The zero-order valence-corrected chi connectivity index (χ0v) is 13.0. The van der Waals surface area contributed by atoms with E-state index in [-0.39, 0.29) is 15.8 Å². The fourth-order valence-corrected chi connectivity index (χ4v) is 4.19. The second kappa shape index (κ2) is 5.71. The molecule has 1 heterocycles. The number of carbonyl (C=O) groups excluding carboxylic acids is 1. The first-order valence-corrected chi connectivity index (χ1v) is 8.16. The van der Waals surface area contributed by atoms with Gasteiger partial charge in [-0.1, -0.05) is 17.7 Å². The van der Waals surface area contributed by atoms with Crippen LogP contribution in [0.3, 0.4) is 0 Å². The Bertz CT molecular complexity index is 623. The lowest BCUT2D eigenvalue weighted by Crippen LogP contribution is -2.49. The highest BCUT2D eigenvalue weighted by Crippen LogP contribution is 2.26. The van der Waals surface area contributed by atoms with Crippen molar-refractivity contribution in [1.82, 2.24) is 9.21 Å². The van der Waals surface area contributed by atoms with E-state index in [0.717, 1.165) is 5.56 Å². The van der Waals surface area contributed by atoms with E-state index in [0.29, 0.717) is 26.2 Å². The molecule has 0 unspecified atom stereocenters. The molecule has 0 atom stereocenters. The van der Waals surface area contributed by atoms with Crippen molar-refractivity contribution in [3.8, 4) is 0 Å². The molecular weight excluding hydrogens is 300 g/mol. The Hall–Kier alpha value is -1.11. The summed E-state index contributed by atoms with van der Waals surface area (Å²) in [5.74, 6) is -0.0320. The zero-order valence-electron chi connectivity index (χ0n) is 11.5. The van der Waals surface area contributed by atoms with Crippen LogP contribution in [0.2, 0.25) is 5.02 Å². The number of nitrogens with zero attached hydrogens (tertiary/aromatic N) is 2. The molecule has 0 radical (unpaired) electrons. The second-order valence-corrected chi connectivity index (χ2v) is 7.16. The van der Waals surface area contributed by atoms with Crippen LogP contribution in [-0.4, -0.2) is 49.7 Å². The highest BCUT2D eigenvalue weighted by Gasteiger charge is 2.30. The van der Waals surface area contributed by atoms with Crippen LogP contribution in [0.5, 0.6) is 0 Å². The van der Waals surface area contributed by atoms with Crippen LogP contribution in [0.15, 0.2) is 23.1 Å². The van der Waals surface area contributed by atoms with Crippen molar-refractivity contribution < 1.29 is 13.2 Å². The molecule has 1 aliphatic heterocycles. The number of hydrogen-bond donors (Lipinski definition) is 0. The number of carbonyl (C=O) groups is 1. The van der Waals surface area contributed by atoms with Crippen LogP contribution < -0.4 is 0 Å². The molecule has 0 N–H and O–H groups in total. The van der Waals surface area contributed by atoms with Crippen LogP contribution >= 0.6 is 11.6 Å². The Labute approximate surface area is 124 Å². The van der Waals surface area contributed by atoms with Gasteiger partial charge in [0.25, 0.3) is 0 Å². The first kappa shape index (κ1) is 15.3. The fourth-order valence-electron chi connectivity index (χ4n) is 2.20. The number of rotatable bonds is 2. The number of halogens is 1. The van der Waals surface area contributed by atoms with Crippen LogP contribution in [0.1, 0.15) is 12.5 Å². The Morgan fingerprint density at radius 1 is 1.20 bits per heavy atom. The van der Waals surface area contributed by atoms with E-state index in [4.69, 9.17) is 11.6 Å². The minimum Gasteiger partial charge on any atom is -0.340 e. The van der Waals surface area contributed by atoms with E-state index < -0.39 is 10.0 Å². The van der Waals surface area contributed by atoms with Gasteiger partial charge in [0.15, 0.2) is 0 Å². The van der Waals surface area contributed by atoms with Crippen molar-refractivity contribution in [2.45, 2.75) is 18.7 Å². The van der Waals surface area contributed by atoms with Gasteiger partial charge in [-0.3, -0.25) is 4.79 Å². The molecule has 0 aromatic heterocycles. The molecule has 1 amide bonds. The molecule has 2 rings (SSSR count). The quantitative estimate of drug-likeness (QED) is 0.831. The summed E-state index contributed by atoms with van der Waals surface area (Å²) in [6.07, 6.45) is 0. The zero-order chi connectivity index (χ0) is 14.9. The summed E-state index contributed by atoms with van der Waals surface area (Å²) < 4.78 is 26.4. The molecule has 1 aromatic rings. The maximum Gasteiger partial charge on any atom is 0.244 e. The van der Waals surface area contributed by atoms with Gasteiger partial charge in [-0.2, -0.15) is 4.31 Å². The SMILES string of the molecule is CC(=O)N1CCN(S(=O)(=O)c2ccc(C)cc2Cl)CC1. The minimum atomic E-state index is -3.60. The van der Waals surface area contributed by atoms with Crippen LogP contribution in [0.25, 0.3) is 0 Å². The Morgan fingerprint density at radius 3 is 2.30 bits per heavy atom. The van der Waals surface area contributed by atoms with Gasteiger partial charge in [-0.25, -0.2) is 8.42 Å². The summed E-state index contributed by atoms with van der Waals surface area (Å²) in [5, 5.41) is 0.235. The molecule has 1 fully saturated rings. The fraction of sp³-hybridized carbons (Fsp3) is 0.462. The third-order valence-corrected chi connectivity index (χ3v) is 5.77. The van der Waals surface area contributed by atoms with Crippen LogP contribution in [-0.2, 0) is 14.8 Å². The van der Waals surface area contributed by atoms with Gasteiger partial charge in [0.05, 0.1) is 5.02 Å². The second-order valence-electron chi connectivity index (χ2n) is 4.84. The van der Waals surface area contributed by atoms with E-state index in [1.165, 1.54) is 17.3 Å². The van der Waals surface area contributed by atoms with Gasteiger partial charge in [0.1, 0.15) is 4.90 Å². The van der Waals surface area contributed by atoms with Crippen molar-refractivity contribution in [3.63, 3.8) is 0 Å². The van der Waals surface area contributed by atoms with E-state index in [2.05, 4.69) is 0 Å². The highest BCUT2D eigenvalue weighted by molar-refractivity contribution is 7.89. The average Bonchev–Trinajstić information content (AvgIpc) is 2.38. The van der Waals surface area contributed by atoms with Gasteiger partial charge in [0, 0.05) is 33.1 Å². The third-order valence-electron chi connectivity index (χ3n) is 3.39. The van der Waals surface area contributed by atoms with Crippen LogP contribution in [0.4, 0.5) is 0 Å². The lowest BCUT2D eigenvalue weighted by molar-refractivity contribution is -0.129. The topological polar surface area (TPSA) is 57.7 Å². The van der Waals surface area contributed by atoms with E-state index >= 15 is 0 Å². The number of piperazine rings is 1. The van der Waals surface area contributed by atoms with Gasteiger partial charge < -0.3 is 4.90 Å². The maximum atomic E-state index is 12.5. The van der Waals surface area contributed by atoms with Crippen LogP contribution in [0, 0.1) is 6.92 Å². The Morgan fingerprint density at radius 2 is 1.80 bits per heavy atom. The summed E-state index contributed by atoms with van der Waals surface area (Å²) in [6, 6.07) is 4.90. The minimum absolute atomic E-state index is 0.0320. The molecule has 20 heavy (non-hydrogen) atoms. The third kappa shape index (κ3) is 2.97. The number of amides is 1. The lowest BCUT2D eigenvalue weighted by Gasteiger charge is -2.33. The summed E-state index contributed by atoms with van der Waals surface area (Å²) in [5.41, 5.74) is 0.912. The predicted molar refractivity (Wildman–Crippen MR) is 77.2 cm³/mol. The van der Waals surface area contributed by atoms with Crippen molar-refractivity contribution in [2.75, 3.05) is 26.2 Å². The molecule has 1 aliphatic rings.